The fraction of sp³-hybridized carbons (Fsp3) is 0.567. The molecule has 1 saturated heterocycles. The Morgan fingerprint density at radius 3 is 2.47 bits per heavy atom. The van der Waals surface area contributed by atoms with Crippen molar-refractivity contribution >= 4 is 5.91 Å². The minimum absolute atomic E-state index is 0.238. The first-order valence-electron chi connectivity index (χ1n) is 13.6. The van der Waals surface area contributed by atoms with Crippen LogP contribution >= 0.6 is 0 Å². The molecule has 2 fully saturated rings. The summed E-state index contributed by atoms with van der Waals surface area (Å²) >= 11 is 0. The number of amides is 1. The van der Waals surface area contributed by atoms with E-state index in [0.29, 0.717) is 11.8 Å². The number of para-hydroxylation sites is 1. The number of ether oxygens (including phenoxy) is 1. The number of benzene rings is 2. The molecule has 0 N–H and O–H groups in total. The lowest BCUT2D eigenvalue weighted by molar-refractivity contribution is -0.138. The zero-order valence-electron chi connectivity index (χ0n) is 20.4. The molecule has 6 rings (SSSR count). The molecule has 0 radical (unpaired) electrons. The maximum absolute atomic E-state index is 13.5. The number of rotatable bonds is 5. The van der Waals surface area contributed by atoms with Gasteiger partial charge >= 0.3 is 0 Å². The van der Waals surface area contributed by atoms with Crippen molar-refractivity contribution in [1.29, 1.82) is 0 Å². The van der Waals surface area contributed by atoms with Crippen LogP contribution in [0.4, 0.5) is 0 Å². The Kier molecular flexibility index (Phi) is 6.34. The molecule has 4 aliphatic rings. The summed E-state index contributed by atoms with van der Waals surface area (Å²) in [5.41, 5.74) is 5.67. The topological polar surface area (TPSA) is 32.8 Å². The molecule has 1 amide bonds. The average Bonchev–Trinajstić information content (AvgIpc) is 3.59. The second kappa shape index (κ2) is 9.73. The Morgan fingerprint density at radius 2 is 1.62 bits per heavy atom. The van der Waals surface area contributed by atoms with Gasteiger partial charge in [-0.3, -0.25) is 4.79 Å². The second-order valence-electron chi connectivity index (χ2n) is 10.8. The molecule has 1 saturated carbocycles. The van der Waals surface area contributed by atoms with Crippen molar-refractivity contribution in [2.24, 2.45) is 5.92 Å². The van der Waals surface area contributed by atoms with E-state index in [1.165, 1.54) is 53.7 Å². The predicted octanol–water partition coefficient (Wildman–Crippen LogP) is 5.51. The van der Waals surface area contributed by atoms with Crippen molar-refractivity contribution in [3.05, 3.63) is 64.7 Å². The van der Waals surface area contributed by atoms with Crippen LogP contribution in [0.3, 0.4) is 0 Å². The highest BCUT2D eigenvalue weighted by molar-refractivity contribution is 5.80. The van der Waals surface area contributed by atoms with Gasteiger partial charge in [-0.15, -0.1) is 0 Å². The van der Waals surface area contributed by atoms with Gasteiger partial charge in [0.15, 0.2) is 0 Å². The predicted molar refractivity (Wildman–Crippen MR) is 135 cm³/mol. The first-order chi connectivity index (χ1) is 16.8. The standard InChI is InChI=1S/C30H38N2O2/c33-30(25-7-1-2-8-25)32-20-14-22-6-3-4-10-26(22)28(32)15-19-31-17-12-23(13-18-31)27-11-5-9-24-16-21-34-29(24)27/h3-6,9-11,23,25,28H,1-2,7-8,12-21H2. The number of hydrogen-bond acceptors (Lipinski definition) is 3. The van der Waals surface area contributed by atoms with Gasteiger partial charge in [0.05, 0.1) is 12.6 Å². The largest absolute Gasteiger partial charge is 0.493 e. The van der Waals surface area contributed by atoms with Gasteiger partial charge in [0.25, 0.3) is 0 Å². The van der Waals surface area contributed by atoms with Crippen molar-refractivity contribution in [2.45, 2.75) is 69.7 Å². The van der Waals surface area contributed by atoms with Crippen molar-refractivity contribution in [2.75, 3.05) is 32.8 Å². The van der Waals surface area contributed by atoms with Crippen LogP contribution in [-0.4, -0.2) is 48.5 Å². The zero-order chi connectivity index (χ0) is 22.9. The summed E-state index contributed by atoms with van der Waals surface area (Å²) in [7, 11) is 0. The summed E-state index contributed by atoms with van der Waals surface area (Å²) in [5.74, 6) is 2.48. The van der Waals surface area contributed by atoms with E-state index < -0.39 is 0 Å². The first-order valence-corrected chi connectivity index (χ1v) is 13.6. The molecule has 1 aliphatic carbocycles. The third kappa shape index (κ3) is 4.26. The first kappa shape index (κ1) is 22.2. The molecular weight excluding hydrogens is 420 g/mol. The lowest BCUT2D eigenvalue weighted by Gasteiger charge is -2.40. The monoisotopic (exact) mass is 458 g/mol. The molecule has 4 nitrogen and oxygen atoms in total. The quantitative estimate of drug-likeness (QED) is 0.593. The van der Waals surface area contributed by atoms with Crippen LogP contribution in [0, 0.1) is 5.92 Å². The van der Waals surface area contributed by atoms with Gasteiger partial charge in [-0.2, -0.15) is 0 Å². The van der Waals surface area contributed by atoms with Gasteiger partial charge in [-0.05, 0) is 79.8 Å². The van der Waals surface area contributed by atoms with E-state index in [-0.39, 0.29) is 12.0 Å². The molecule has 1 atom stereocenters. The number of likely N-dealkylation sites (tertiary alicyclic amines) is 1. The fourth-order valence-electron chi connectivity index (χ4n) is 6.97. The summed E-state index contributed by atoms with van der Waals surface area (Å²) in [6.45, 7) is 5.07. The summed E-state index contributed by atoms with van der Waals surface area (Å²) in [6, 6.07) is 15.8. The second-order valence-corrected chi connectivity index (χ2v) is 10.8. The van der Waals surface area contributed by atoms with Gasteiger partial charge in [0, 0.05) is 25.4 Å². The van der Waals surface area contributed by atoms with Crippen molar-refractivity contribution in [3.63, 3.8) is 0 Å². The van der Waals surface area contributed by atoms with Gasteiger partial charge < -0.3 is 14.5 Å². The van der Waals surface area contributed by atoms with Gasteiger partial charge in [-0.1, -0.05) is 55.3 Å². The van der Waals surface area contributed by atoms with Crippen molar-refractivity contribution in [3.8, 4) is 5.75 Å². The lowest BCUT2D eigenvalue weighted by atomic mass is 9.87. The summed E-state index contributed by atoms with van der Waals surface area (Å²) in [5, 5.41) is 0. The minimum Gasteiger partial charge on any atom is -0.493 e. The number of carbonyl (C=O) groups is 1. The van der Waals surface area contributed by atoms with Crippen LogP contribution < -0.4 is 4.74 Å². The number of hydrogen-bond donors (Lipinski definition) is 0. The fourth-order valence-corrected chi connectivity index (χ4v) is 6.97. The van der Waals surface area contributed by atoms with E-state index in [2.05, 4.69) is 52.3 Å². The molecule has 2 aromatic carbocycles. The minimum atomic E-state index is 0.238. The lowest BCUT2D eigenvalue weighted by Crippen LogP contribution is -2.44. The molecule has 3 aliphatic heterocycles. The number of nitrogens with zero attached hydrogens (tertiary/aromatic N) is 2. The highest BCUT2D eigenvalue weighted by Gasteiger charge is 2.35. The zero-order valence-corrected chi connectivity index (χ0v) is 20.4. The molecule has 34 heavy (non-hydrogen) atoms. The molecule has 180 valence electrons. The van der Waals surface area contributed by atoms with E-state index >= 15 is 0 Å². The Hall–Kier alpha value is -2.33. The molecule has 1 unspecified atom stereocenters. The molecule has 0 bridgehead atoms. The third-order valence-corrected chi connectivity index (χ3v) is 8.89. The van der Waals surface area contributed by atoms with Crippen molar-refractivity contribution in [1.82, 2.24) is 9.80 Å². The molecule has 4 heteroatoms. The van der Waals surface area contributed by atoms with E-state index in [9.17, 15) is 4.79 Å². The maximum Gasteiger partial charge on any atom is 0.226 e. The average molecular weight is 459 g/mol. The summed E-state index contributed by atoms with van der Waals surface area (Å²) in [6.07, 6.45) is 10.1. The van der Waals surface area contributed by atoms with Crippen LogP contribution in [0.1, 0.15) is 79.2 Å². The summed E-state index contributed by atoms with van der Waals surface area (Å²) in [4.78, 5) is 18.4. The van der Waals surface area contributed by atoms with E-state index in [1.807, 2.05) is 0 Å². The smallest absolute Gasteiger partial charge is 0.226 e. The number of fused-ring (bicyclic) bond motifs is 2. The molecular formula is C30H38N2O2. The van der Waals surface area contributed by atoms with Gasteiger partial charge in [-0.25, -0.2) is 0 Å². The Bertz CT molecular complexity index is 1020. The molecule has 0 spiro atoms. The molecule has 3 heterocycles. The highest BCUT2D eigenvalue weighted by Crippen LogP contribution is 2.40. The van der Waals surface area contributed by atoms with Crippen LogP contribution in [0.25, 0.3) is 0 Å². The van der Waals surface area contributed by atoms with Gasteiger partial charge in [0.2, 0.25) is 5.91 Å². The normalized spacial score (nSPS) is 23.5. The SMILES string of the molecule is O=C(C1CCCC1)N1CCc2ccccc2C1CCN1CCC(c2cccc3c2OCC3)CC1. The Balaban J connectivity index is 1.11. The maximum atomic E-state index is 13.5. The van der Waals surface area contributed by atoms with Crippen molar-refractivity contribution < 1.29 is 9.53 Å². The van der Waals surface area contributed by atoms with Crippen LogP contribution in [0.5, 0.6) is 5.75 Å². The number of piperidine rings is 1. The van der Waals surface area contributed by atoms with E-state index in [1.54, 1.807) is 0 Å². The van der Waals surface area contributed by atoms with E-state index in [0.717, 1.165) is 64.9 Å². The molecule has 0 aromatic heterocycles. The Morgan fingerprint density at radius 1 is 0.853 bits per heavy atom. The molecule has 2 aromatic rings. The summed E-state index contributed by atoms with van der Waals surface area (Å²) < 4.78 is 6.00. The van der Waals surface area contributed by atoms with Gasteiger partial charge in [0.1, 0.15) is 5.75 Å². The Labute approximate surface area is 204 Å². The number of carbonyl (C=O) groups excluding carboxylic acids is 1. The third-order valence-electron chi connectivity index (χ3n) is 8.89. The van der Waals surface area contributed by atoms with Crippen LogP contribution in [-0.2, 0) is 17.6 Å². The van der Waals surface area contributed by atoms with Crippen LogP contribution in [0.2, 0.25) is 0 Å². The van der Waals surface area contributed by atoms with Crippen LogP contribution in [0.15, 0.2) is 42.5 Å². The van der Waals surface area contributed by atoms with E-state index in [4.69, 9.17) is 4.74 Å². The highest BCUT2D eigenvalue weighted by atomic mass is 16.5.